The van der Waals surface area contributed by atoms with Crippen LogP contribution in [0.3, 0.4) is 0 Å². The maximum absolute atomic E-state index is 13.1. The maximum Gasteiger partial charge on any atom is 0.417 e. The molecule has 1 unspecified atom stereocenters. The molecule has 2 amide bonds. The summed E-state index contributed by atoms with van der Waals surface area (Å²) in [6, 6.07) is 14.2. The first-order chi connectivity index (χ1) is 18.0. The van der Waals surface area contributed by atoms with E-state index in [0.717, 1.165) is 18.3 Å². The molecule has 0 aliphatic carbocycles. The third kappa shape index (κ3) is 8.30. The summed E-state index contributed by atoms with van der Waals surface area (Å²) in [6.07, 6.45) is -3.62. The first-order valence-corrected chi connectivity index (χ1v) is 13.5. The van der Waals surface area contributed by atoms with Gasteiger partial charge in [-0.15, -0.1) is 0 Å². The molecule has 7 nitrogen and oxygen atoms in total. The van der Waals surface area contributed by atoms with Crippen LogP contribution in [0.25, 0.3) is 0 Å². The van der Waals surface area contributed by atoms with Gasteiger partial charge in [0.1, 0.15) is 11.5 Å². The highest BCUT2D eigenvalue weighted by molar-refractivity contribution is 9.10. The Bertz CT molecular complexity index is 1360. The summed E-state index contributed by atoms with van der Waals surface area (Å²) in [5.74, 6) is -0.960. The standard InChI is InChI=1S/C25H20BrClF3N3O4S/c26-18-5-7-22(32-23(35)17-3-1-2-16(10-17)14-38(37)9-8-34)19(12-18)24(36)33-31-13-15-4-6-21(27)20(11-15)25(28,29)30/h1-7,10-13,34H,8-9,14H2,(H,32,35)(H,33,36)/b31-13-. The first-order valence-electron chi connectivity index (χ1n) is 10.8. The molecular weight excluding hydrogens is 611 g/mol. The number of halogens is 5. The highest BCUT2D eigenvalue weighted by atomic mass is 79.9. The molecular formula is C25H20BrClF3N3O4S. The lowest BCUT2D eigenvalue weighted by Gasteiger charge is -2.12. The molecule has 3 rings (SSSR count). The van der Waals surface area contributed by atoms with Gasteiger partial charge in [-0.2, -0.15) is 18.3 Å². The lowest BCUT2D eigenvalue weighted by Crippen LogP contribution is -2.21. The lowest BCUT2D eigenvalue weighted by molar-refractivity contribution is -0.137. The molecule has 1 atom stereocenters. The molecule has 0 saturated carbocycles. The number of alkyl halides is 3. The predicted molar refractivity (Wildman–Crippen MR) is 144 cm³/mol. The van der Waals surface area contributed by atoms with Crippen molar-refractivity contribution < 1.29 is 32.4 Å². The third-order valence-electron chi connectivity index (χ3n) is 4.99. The van der Waals surface area contributed by atoms with E-state index in [1.54, 1.807) is 30.3 Å². The molecule has 0 saturated heterocycles. The number of aliphatic hydroxyl groups is 1. The molecule has 0 aromatic heterocycles. The fourth-order valence-corrected chi connectivity index (χ4v) is 4.72. The number of amides is 2. The number of nitrogens with one attached hydrogen (secondary N) is 2. The van der Waals surface area contributed by atoms with Crippen LogP contribution in [0.5, 0.6) is 0 Å². The average molecular weight is 631 g/mol. The van der Waals surface area contributed by atoms with Gasteiger partial charge in [-0.1, -0.05) is 45.7 Å². The second-order valence-corrected chi connectivity index (χ2v) is 10.7. The molecule has 0 bridgehead atoms. The summed E-state index contributed by atoms with van der Waals surface area (Å²) in [5, 5.41) is 14.8. The van der Waals surface area contributed by atoms with Crippen LogP contribution in [0.15, 0.2) is 70.2 Å². The molecule has 3 N–H and O–H groups in total. The second-order valence-electron chi connectivity index (χ2n) is 7.79. The van der Waals surface area contributed by atoms with Gasteiger partial charge in [-0.3, -0.25) is 9.59 Å². The number of nitrogens with zero attached hydrogens (tertiary/aromatic N) is 1. The molecule has 0 fully saturated rings. The number of hydrazone groups is 1. The number of hydrogen-bond donors (Lipinski definition) is 3. The van der Waals surface area contributed by atoms with Crippen molar-refractivity contribution in [1.82, 2.24) is 5.43 Å². The van der Waals surface area contributed by atoms with Gasteiger partial charge >= 0.3 is 6.18 Å². The van der Waals surface area contributed by atoms with Crippen LogP contribution in [0, 0.1) is 0 Å². The number of carbonyl (C=O) groups excluding carboxylic acids is 2. The van der Waals surface area contributed by atoms with Crippen LogP contribution in [0.2, 0.25) is 5.02 Å². The number of hydrogen-bond acceptors (Lipinski definition) is 5. The van der Waals surface area contributed by atoms with Crippen molar-refractivity contribution >= 4 is 62.4 Å². The Morgan fingerprint density at radius 3 is 2.58 bits per heavy atom. The third-order valence-corrected chi connectivity index (χ3v) is 7.10. The Morgan fingerprint density at radius 1 is 1.11 bits per heavy atom. The fraction of sp³-hybridized carbons (Fsp3) is 0.160. The minimum atomic E-state index is -4.65. The first kappa shape index (κ1) is 29.7. The van der Waals surface area contributed by atoms with Gasteiger partial charge in [-0.05, 0) is 59.2 Å². The van der Waals surface area contributed by atoms with Crippen LogP contribution >= 0.6 is 27.5 Å². The molecule has 38 heavy (non-hydrogen) atoms. The molecule has 0 aliphatic rings. The van der Waals surface area contributed by atoms with E-state index in [-0.39, 0.29) is 40.5 Å². The van der Waals surface area contributed by atoms with Crippen molar-refractivity contribution in [2.24, 2.45) is 5.10 Å². The van der Waals surface area contributed by atoms with E-state index < -0.39 is 39.8 Å². The highest BCUT2D eigenvalue weighted by Crippen LogP contribution is 2.34. The van der Waals surface area contributed by atoms with Crippen LogP contribution in [-0.2, 0) is 23.1 Å². The van der Waals surface area contributed by atoms with Crippen LogP contribution in [-0.4, -0.2) is 40.0 Å². The van der Waals surface area contributed by atoms with Gasteiger partial charge in [-0.25, -0.2) is 5.43 Å². The Labute approximate surface area is 232 Å². The molecule has 0 radical (unpaired) electrons. The van der Waals surface area contributed by atoms with Crippen LogP contribution < -0.4 is 10.7 Å². The smallest absolute Gasteiger partial charge is 0.417 e. The zero-order chi connectivity index (χ0) is 27.9. The second kappa shape index (κ2) is 13.3. The van der Waals surface area contributed by atoms with Gasteiger partial charge in [0.25, 0.3) is 11.8 Å². The van der Waals surface area contributed by atoms with Crippen molar-refractivity contribution in [2.75, 3.05) is 17.7 Å². The zero-order valence-corrected chi connectivity index (χ0v) is 22.5. The topological polar surface area (TPSA) is 114 Å². The fourth-order valence-electron chi connectivity index (χ4n) is 3.24. The highest BCUT2D eigenvalue weighted by Gasteiger charge is 2.33. The van der Waals surface area contributed by atoms with E-state index in [0.29, 0.717) is 10.0 Å². The average Bonchev–Trinajstić information content (AvgIpc) is 2.85. The quantitative estimate of drug-likeness (QED) is 0.167. The molecule has 200 valence electrons. The Kier molecular flexibility index (Phi) is 10.3. The largest absolute Gasteiger partial charge is 0.616 e. The normalized spacial score (nSPS) is 12.4. The lowest BCUT2D eigenvalue weighted by atomic mass is 10.1. The Morgan fingerprint density at radius 2 is 1.87 bits per heavy atom. The SMILES string of the molecule is O=C(Nc1ccc(Br)cc1C(=O)N/N=C\c1ccc(Cl)c(C(F)(F)F)c1)c1cccc(C[S+]([O-])CCO)c1. The van der Waals surface area contributed by atoms with E-state index >= 15 is 0 Å². The molecule has 3 aromatic carbocycles. The summed E-state index contributed by atoms with van der Waals surface area (Å²) < 4.78 is 51.6. The maximum atomic E-state index is 13.1. The van der Waals surface area contributed by atoms with Crippen molar-refractivity contribution in [3.05, 3.63) is 98.0 Å². The number of benzene rings is 3. The summed E-state index contributed by atoms with van der Waals surface area (Å²) in [6.45, 7) is -0.209. The van der Waals surface area contributed by atoms with Gasteiger partial charge in [0.2, 0.25) is 0 Å². The van der Waals surface area contributed by atoms with Crippen molar-refractivity contribution in [3.63, 3.8) is 0 Å². The predicted octanol–water partition coefficient (Wildman–Crippen LogP) is 5.38. The molecule has 3 aromatic rings. The van der Waals surface area contributed by atoms with Gasteiger partial charge in [0, 0.05) is 15.6 Å². The molecule has 13 heteroatoms. The van der Waals surface area contributed by atoms with E-state index in [9.17, 15) is 27.3 Å². The summed E-state index contributed by atoms with van der Waals surface area (Å²) in [7, 11) is 0. The number of aliphatic hydroxyl groups excluding tert-OH is 1. The number of rotatable bonds is 9. The molecule has 0 heterocycles. The Hall–Kier alpha value is -2.90. The summed E-state index contributed by atoms with van der Waals surface area (Å²) in [4.78, 5) is 25.7. The van der Waals surface area contributed by atoms with E-state index in [1.807, 2.05) is 0 Å². The van der Waals surface area contributed by atoms with Crippen molar-refractivity contribution in [1.29, 1.82) is 0 Å². The van der Waals surface area contributed by atoms with E-state index in [1.165, 1.54) is 18.2 Å². The Balaban J connectivity index is 1.75. The summed E-state index contributed by atoms with van der Waals surface area (Å²) in [5.41, 5.74) is 2.36. The van der Waals surface area contributed by atoms with E-state index in [4.69, 9.17) is 16.7 Å². The number of anilines is 1. The van der Waals surface area contributed by atoms with Gasteiger partial charge in [0.15, 0.2) is 0 Å². The van der Waals surface area contributed by atoms with Crippen LogP contribution in [0.1, 0.15) is 37.4 Å². The minimum absolute atomic E-state index is 0.0390. The number of carbonyl (C=O) groups is 2. The van der Waals surface area contributed by atoms with Gasteiger partial charge in [0.05, 0.1) is 34.7 Å². The zero-order valence-electron chi connectivity index (χ0n) is 19.4. The molecule has 0 spiro atoms. The summed E-state index contributed by atoms with van der Waals surface area (Å²) >= 11 is 7.59. The van der Waals surface area contributed by atoms with Crippen LogP contribution in [0.4, 0.5) is 18.9 Å². The van der Waals surface area contributed by atoms with E-state index in [2.05, 4.69) is 31.8 Å². The monoisotopic (exact) mass is 629 g/mol. The minimum Gasteiger partial charge on any atom is -0.616 e. The van der Waals surface area contributed by atoms with Crippen molar-refractivity contribution in [3.8, 4) is 0 Å². The van der Waals surface area contributed by atoms with Crippen molar-refractivity contribution in [2.45, 2.75) is 11.9 Å². The molecule has 0 aliphatic heterocycles. The van der Waals surface area contributed by atoms with Gasteiger partial charge < -0.3 is 15.0 Å².